The Labute approximate surface area is 108 Å². The van der Waals surface area contributed by atoms with Crippen LogP contribution in [0.2, 0.25) is 0 Å². The van der Waals surface area contributed by atoms with Gasteiger partial charge in [-0.15, -0.1) is 0 Å². The van der Waals surface area contributed by atoms with Gasteiger partial charge in [0, 0.05) is 54.7 Å². The lowest BCUT2D eigenvalue weighted by Gasteiger charge is -2.39. The predicted octanol–water partition coefficient (Wildman–Crippen LogP) is 1.61. The van der Waals surface area contributed by atoms with Gasteiger partial charge in [-0.25, -0.2) is 0 Å². The zero-order valence-corrected chi connectivity index (χ0v) is 11.6. The van der Waals surface area contributed by atoms with Crippen molar-refractivity contribution in [1.82, 2.24) is 9.80 Å². The fraction of sp³-hybridized carbons (Fsp3) is 1.00. The highest BCUT2D eigenvalue weighted by atomic mass is 32.2. The Balaban J connectivity index is 1.48. The summed E-state index contributed by atoms with van der Waals surface area (Å²) in [6.45, 7) is 6.71. The van der Waals surface area contributed by atoms with Crippen molar-refractivity contribution in [2.45, 2.75) is 24.1 Å². The molecule has 0 bridgehead atoms. The van der Waals surface area contributed by atoms with Crippen LogP contribution in [0.5, 0.6) is 0 Å². The predicted molar refractivity (Wildman–Crippen MR) is 74.6 cm³/mol. The van der Waals surface area contributed by atoms with E-state index in [1.54, 1.807) is 0 Å². The molecule has 92 valence electrons. The summed E-state index contributed by atoms with van der Waals surface area (Å²) in [5, 5.41) is 0.909. The molecular formula is C12H22N2S2. The molecule has 3 aliphatic rings. The van der Waals surface area contributed by atoms with Crippen molar-refractivity contribution in [2.24, 2.45) is 0 Å². The largest absolute Gasteiger partial charge is 0.299 e. The van der Waals surface area contributed by atoms with E-state index in [-0.39, 0.29) is 0 Å². The summed E-state index contributed by atoms with van der Waals surface area (Å²) in [7, 11) is 0. The van der Waals surface area contributed by atoms with E-state index in [2.05, 4.69) is 33.3 Å². The lowest BCUT2D eigenvalue weighted by molar-refractivity contribution is 0.106. The van der Waals surface area contributed by atoms with Gasteiger partial charge >= 0.3 is 0 Å². The number of rotatable bonds is 2. The first kappa shape index (κ1) is 11.7. The van der Waals surface area contributed by atoms with Gasteiger partial charge in [0.1, 0.15) is 0 Å². The second-order valence-corrected chi connectivity index (χ2v) is 7.72. The fourth-order valence-corrected chi connectivity index (χ4v) is 5.87. The van der Waals surface area contributed by atoms with Crippen molar-refractivity contribution < 1.29 is 0 Å². The number of piperazine rings is 1. The Bertz CT molecular complexity index is 231. The van der Waals surface area contributed by atoms with E-state index in [4.69, 9.17) is 0 Å². The molecule has 0 amide bonds. The molecule has 0 spiro atoms. The average molecular weight is 258 g/mol. The van der Waals surface area contributed by atoms with Crippen LogP contribution in [0.25, 0.3) is 0 Å². The average Bonchev–Trinajstić information content (AvgIpc) is 2.77. The Morgan fingerprint density at radius 3 is 3.00 bits per heavy atom. The topological polar surface area (TPSA) is 6.48 Å². The third-order valence-corrected chi connectivity index (χ3v) is 6.85. The summed E-state index contributed by atoms with van der Waals surface area (Å²) in [5.41, 5.74) is 0. The first-order chi connectivity index (χ1) is 7.92. The molecule has 0 aromatic rings. The van der Waals surface area contributed by atoms with Crippen LogP contribution in [0, 0.1) is 0 Å². The number of thioether (sulfide) groups is 2. The van der Waals surface area contributed by atoms with E-state index in [0.717, 1.165) is 11.3 Å². The maximum atomic E-state index is 2.73. The molecule has 16 heavy (non-hydrogen) atoms. The van der Waals surface area contributed by atoms with Crippen LogP contribution >= 0.6 is 23.5 Å². The Morgan fingerprint density at radius 2 is 2.12 bits per heavy atom. The first-order valence-corrected chi connectivity index (χ1v) is 8.78. The zero-order valence-electron chi connectivity index (χ0n) is 9.94. The molecule has 4 heteroatoms. The monoisotopic (exact) mass is 258 g/mol. The Hall–Kier alpha value is 0.620. The van der Waals surface area contributed by atoms with Crippen molar-refractivity contribution in [1.29, 1.82) is 0 Å². The molecular weight excluding hydrogens is 236 g/mol. The second kappa shape index (κ2) is 5.51. The summed E-state index contributed by atoms with van der Waals surface area (Å²) in [4.78, 5) is 5.44. The molecule has 0 saturated carbocycles. The van der Waals surface area contributed by atoms with Gasteiger partial charge in [0.15, 0.2) is 0 Å². The third-order valence-electron chi connectivity index (χ3n) is 4.02. The maximum absolute atomic E-state index is 2.73. The summed E-state index contributed by atoms with van der Waals surface area (Å²) < 4.78 is 0. The van der Waals surface area contributed by atoms with Crippen LogP contribution in [-0.2, 0) is 0 Å². The zero-order chi connectivity index (χ0) is 10.8. The third kappa shape index (κ3) is 2.71. The number of nitrogens with zero attached hydrogens (tertiary/aromatic N) is 2. The Morgan fingerprint density at radius 1 is 1.12 bits per heavy atom. The number of fused-ring (bicyclic) bond motifs is 1. The lowest BCUT2D eigenvalue weighted by atomic mass is 10.1. The first-order valence-electron chi connectivity index (χ1n) is 6.57. The van der Waals surface area contributed by atoms with E-state index in [1.165, 1.54) is 62.8 Å². The minimum atomic E-state index is 0.898. The molecule has 2 unspecified atom stereocenters. The highest BCUT2D eigenvalue weighted by molar-refractivity contribution is 8.06. The van der Waals surface area contributed by atoms with Gasteiger partial charge < -0.3 is 0 Å². The van der Waals surface area contributed by atoms with Crippen LogP contribution in [-0.4, -0.2) is 71.1 Å². The van der Waals surface area contributed by atoms with Gasteiger partial charge in [0.2, 0.25) is 0 Å². The SMILES string of the molecule is C1CC2CN(CC3CSCCS3)CCN2C1. The molecule has 0 N–H and O–H groups in total. The molecule has 0 aromatic carbocycles. The molecule has 3 heterocycles. The molecule has 3 rings (SSSR count). The van der Waals surface area contributed by atoms with Crippen LogP contribution in [0.3, 0.4) is 0 Å². The quantitative estimate of drug-likeness (QED) is 0.742. The number of hydrogen-bond acceptors (Lipinski definition) is 4. The summed E-state index contributed by atoms with van der Waals surface area (Å²) >= 11 is 4.36. The minimum Gasteiger partial charge on any atom is -0.299 e. The summed E-state index contributed by atoms with van der Waals surface area (Å²) in [6, 6.07) is 0.898. The molecule has 3 saturated heterocycles. The lowest BCUT2D eigenvalue weighted by Crippen LogP contribution is -2.51. The molecule has 2 nitrogen and oxygen atoms in total. The van der Waals surface area contributed by atoms with Gasteiger partial charge in [-0.2, -0.15) is 23.5 Å². The van der Waals surface area contributed by atoms with E-state index < -0.39 is 0 Å². The van der Waals surface area contributed by atoms with Crippen molar-refractivity contribution >= 4 is 23.5 Å². The normalized spacial score (nSPS) is 37.5. The van der Waals surface area contributed by atoms with Gasteiger partial charge in [0.05, 0.1) is 0 Å². The van der Waals surface area contributed by atoms with Crippen LogP contribution in [0.4, 0.5) is 0 Å². The van der Waals surface area contributed by atoms with E-state index in [1.807, 2.05) is 0 Å². The van der Waals surface area contributed by atoms with Gasteiger partial charge in [-0.05, 0) is 19.4 Å². The van der Waals surface area contributed by atoms with E-state index in [0.29, 0.717) is 0 Å². The minimum absolute atomic E-state index is 0.898. The van der Waals surface area contributed by atoms with Gasteiger partial charge in [-0.3, -0.25) is 9.80 Å². The highest BCUT2D eigenvalue weighted by Crippen LogP contribution is 2.27. The highest BCUT2D eigenvalue weighted by Gasteiger charge is 2.31. The molecule has 3 aliphatic heterocycles. The molecule has 0 radical (unpaired) electrons. The van der Waals surface area contributed by atoms with Crippen molar-refractivity contribution in [3.63, 3.8) is 0 Å². The molecule has 0 aromatic heterocycles. The van der Waals surface area contributed by atoms with Gasteiger partial charge in [0.25, 0.3) is 0 Å². The van der Waals surface area contributed by atoms with Crippen molar-refractivity contribution in [3.8, 4) is 0 Å². The molecule has 2 atom stereocenters. The second-order valence-electron chi connectivity index (χ2n) is 5.16. The van der Waals surface area contributed by atoms with Gasteiger partial charge in [-0.1, -0.05) is 0 Å². The fourth-order valence-electron chi connectivity index (χ4n) is 3.15. The van der Waals surface area contributed by atoms with E-state index in [9.17, 15) is 0 Å². The van der Waals surface area contributed by atoms with Crippen molar-refractivity contribution in [3.05, 3.63) is 0 Å². The molecule has 3 fully saturated rings. The Kier molecular flexibility index (Phi) is 4.03. The van der Waals surface area contributed by atoms with Crippen LogP contribution in [0.15, 0.2) is 0 Å². The van der Waals surface area contributed by atoms with Crippen LogP contribution in [0.1, 0.15) is 12.8 Å². The summed E-state index contributed by atoms with van der Waals surface area (Å²) in [5.74, 6) is 4.13. The standard InChI is InChI=1S/C12H22N2S2/c1-2-11-8-13(4-5-14(11)3-1)9-12-10-15-6-7-16-12/h11-12H,1-10H2. The number of hydrogen-bond donors (Lipinski definition) is 0. The van der Waals surface area contributed by atoms with Crippen LogP contribution < -0.4 is 0 Å². The van der Waals surface area contributed by atoms with E-state index >= 15 is 0 Å². The van der Waals surface area contributed by atoms with Crippen molar-refractivity contribution in [2.75, 3.05) is 50.0 Å². The maximum Gasteiger partial charge on any atom is 0.0265 e. The smallest absolute Gasteiger partial charge is 0.0265 e. The summed E-state index contributed by atoms with van der Waals surface area (Å²) in [6.07, 6.45) is 2.88. The molecule has 0 aliphatic carbocycles.